The molecular formula is C18H19Cl2NO2. The zero-order valence-corrected chi connectivity index (χ0v) is 14.2. The normalized spacial score (nSPS) is 17.2. The summed E-state index contributed by atoms with van der Waals surface area (Å²) >= 11 is 12.0. The van der Waals surface area contributed by atoms with E-state index in [1.807, 2.05) is 36.4 Å². The first kappa shape index (κ1) is 16.4. The van der Waals surface area contributed by atoms with Gasteiger partial charge in [0.1, 0.15) is 12.4 Å². The quantitative estimate of drug-likeness (QED) is 0.779. The van der Waals surface area contributed by atoms with E-state index >= 15 is 0 Å². The standard InChI is InChI=1S/C18H19Cl2NO2/c19-14-8-13(9-15(20)10-14)11-21-16-3-5-17(6-4-16)23-12-18-2-1-7-22-18/h3-6,8-10,18,21H,1-2,7,11-12H2/t18-/m0/s1. The summed E-state index contributed by atoms with van der Waals surface area (Å²) in [6.45, 7) is 2.13. The third-order valence-electron chi connectivity index (χ3n) is 3.73. The number of hydrogen-bond acceptors (Lipinski definition) is 3. The summed E-state index contributed by atoms with van der Waals surface area (Å²) in [5.41, 5.74) is 2.06. The summed E-state index contributed by atoms with van der Waals surface area (Å²) in [6.07, 6.45) is 2.45. The first-order valence-electron chi connectivity index (χ1n) is 7.72. The summed E-state index contributed by atoms with van der Waals surface area (Å²) in [5.74, 6) is 0.858. The van der Waals surface area contributed by atoms with Crippen LogP contribution in [-0.2, 0) is 11.3 Å². The molecule has 1 aliphatic heterocycles. The van der Waals surface area contributed by atoms with E-state index in [4.69, 9.17) is 32.7 Å². The van der Waals surface area contributed by atoms with Crippen LogP contribution in [0.4, 0.5) is 5.69 Å². The molecule has 0 radical (unpaired) electrons. The number of nitrogens with one attached hydrogen (secondary N) is 1. The van der Waals surface area contributed by atoms with Gasteiger partial charge < -0.3 is 14.8 Å². The van der Waals surface area contributed by atoms with Crippen LogP contribution < -0.4 is 10.1 Å². The fourth-order valence-electron chi connectivity index (χ4n) is 2.55. The molecule has 1 fully saturated rings. The lowest BCUT2D eigenvalue weighted by Crippen LogP contribution is -2.16. The van der Waals surface area contributed by atoms with Gasteiger partial charge in [0.15, 0.2) is 0 Å². The van der Waals surface area contributed by atoms with Crippen LogP contribution in [0.3, 0.4) is 0 Å². The fraction of sp³-hybridized carbons (Fsp3) is 0.333. The highest BCUT2D eigenvalue weighted by Gasteiger charge is 2.15. The van der Waals surface area contributed by atoms with Crippen molar-refractivity contribution in [2.45, 2.75) is 25.5 Å². The molecule has 3 nitrogen and oxygen atoms in total. The van der Waals surface area contributed by atoms with Gasteiger partial charge in [0.05, 0.1) is 6.10 Å². The van der Waals surface area contributed by atoms with Crippen molar-refractivity contribution in [2.75, 3.05) is 18.5 Å². The number of anilines is 1. The highest BCUT2D eigenvalue weighted by Crippen LogP contribution is 2.21. The van der Waals surface area contributed by atoms with Gasteiger partial charge in [0, 0.05) is 28.9 Å². The van der Waals surface area contributed by atoms with Crippen LogP contribution in [-0.4, -0.2) is 19.3 Å². The lowest BCUT2D eigenvalue weighted by atomic mass is 10.2. The average Bonchev–Trinajstić information content (AvgIpc) is 3.04. The Morgan fingerprint density at radius 2 is 1.83 bits per heavy atom. The Labute approximate surface area is 146 Å². The van der Waals surface area contributed by atoms with Gasteiger partial charge in [-0.25, -0.2) is 0 Å². The van der Waals surface area contributed by atoms with E-state index in [1.165, 1.54) is 0 Å². The Bertz CT molecular complexity index is 620. The molecule has 0 bridgehead atoms. The van der Waals surface area contributed by atoms with Crippen molar-refractivity contribution in [1.82, 2.24) is 0 Å². The summed E-state index contributed by atoms with van der Waals surface area (Å²) in [7, 11) is 0. The smallest absolute Gasteiger partial charge is 0.119 e. The highest BCUT2D eigenvalue weighted by molar-refractivity contribution is 6.34. The molecule has 1 heterocycles. The van der Waals surface area contributed by atoms with E-state index in [0.29, 0.717) is 23.2 Å². The van der Waals surface area contributed by atoms with Gasteiger partial charge in [-0.3, -0.25) is 0 Å². The van der Waals surface area contributed by atoms with E-state index < -0.39 is 0 Å². The molecule has 3 rings (SSSR count). The largest absolute Gasteiger partial charge is 0.491 e. The number of halogens is 2. The van der Waals surface area contributed by atoms with Crippen LogP contribution in [0.15, 0.2) is 42.5 Å². The Morgan fingerprint density at radius 1 is 1.09 bits per heavy atom. The zero-order valence-electron chi connectivity index (χ0n) is 12.7. The second kappa shape index (κ2) is 7.91. The van der Waals surface area contributed by atoms with Crippen molar-refractivity contribution in [3.05, 3.63) is 58.1 Å². The second-order valence-corrected chi connectivity index (χ2v) is 6.47. The average molecular weight is 352 g/mol. The zero-order chi connectivity index (χ0) is 16.1. The second-order valence-electron chi connectivity index (χ2n) is 5.60. The van der Waals surface area contributed by atoms with Crippen LogP contribution in [0.1, 0.15) is 18.4 Å². The van der Waals surface area contributed by atoms with Crippen molar-refractivity contribution in [1.29, 1.82) is 0 Å². The summed E-state index contributed by atoms with van der Waals surface area (Å²) in [6, 6.07) is 13.4. The molecule has 1 atom stereocenters. The minimum Gasteiger partial charge on any atom is -0.491 e. The number of ether oxygens (including phenoxy) is 2. The molecule has 1 N–H and O–H groups in total. The predicted octanol–water partition coefficient (Wildman–Crippen LogP) is 5.16. The van der Waals surface area contributed by atoms with Crippen molar-refractivity contribution < 1.29 is 9.47 Å². The number of hydrogen-bond donors (Lipinski definition) is 1. The topological polar surface area (TPSA) is 30.5 Å². The van der Waals surface area contributed by atoms with E-state index in [1.54, 1.807) is 6.07 Å². The SMILES string of the molecule is Clc1cc(Cl)cc(CNc2ccc(OC[C@@H]3CCCO3)cc2)c1. The molecule has 0 aliphatic carbocycles. The third kappa shape index (κ3) is 5.03. The summed E-state index contributed by atoms with van der Waals surface area (Å²) in [5, 5.41) is 4.63. The maximum Gasteiger partial charge on any atom is 0.119 e. The Kier molecular flexibility index (Phi) is 5.65. The van der Waals surface area contributed by atoms with Crippen LogP contribution in [0.25, 0.3) is 0 Å². The number of rotatable bonds is 6. The van der Waals surface area contributed by atoms with Crippen molar-refractivity contribution >= 4 is 28.9 Å². The van der Waals surface area contributed by atoms with Crippen LogP contribution in [0.5, 0.6) is 5.75 Å². The Morgan fingerprint density at radius 3 is 2.48 bits per heavy atom. The van der Waals surface area contributed by atoms with Gasteiger partial charge >= 0.3 is 0 Å². The Hall–Kier alpha value is -1.42. The minimum atomic E-state index is 0.236. The number of benzene rings is 2. The molecule has 2 aromatic rings. The van der Waals surface area contributed by atoms with Crippen LogP contribution in [0.2, 0.25) is 10.0 Å². The van der Waals surface area contributed by atoms with Gasteiger partial charge in [-0.15, -0.1) is 0 Å². The molecule has 2 aromatic carbocycles. The minimum absolute atomic E-state index is 0.236. The van der Waals surface area contributed by atoms with Gasteiger partial charge in [-0.1, -0.05) is 23.2 Å². The molecular weight excluding hydrogens is 333 g/mol. The molecule has 1 aliphatic rings. The molecule has 122 valence electrons. The lowest BCUT2D eigenvalue weighted by molar-refractivity contribution is 0.0679. The van der Waals surface area contributed by atoms with E-state index in [9.17, 15) is 0 Å². The third-order valence-corrected chi connectivity index (χ3v) is 4.17. The maximum atomic E-state index is 6.00. The summed E-state index contributed by atoms with van der Waals surface area (Å²) in [4.78, 5) is 0. The first-order chi connectivity index (χ1) is 11.2. The molecule has 5 heteroatoms. The molecule has 1 saturated heterocycles. The van der Waals surface area contributed by atoms with Crippen LogP contribution >= 0.6 is 23.2 Å². The Balaban J connectivity index is 1.50. The van der Waals surface area contributed by atoms with Crippen LogP contribution in [0, 0.1) is 0 Å². The molecule has 0 aromatic heterocycles. The predicted molar refractivity (Wildman–Crippen MR) is 94.7 cm³/mol. The van der Waals surface area contributed by atoms with Gasteiger partial charge in [-0.2, -0.15) is 0 Å². The molecule has 0 amide bonds. The van der Waals surface area contributed by atoms with E-state index in [2.05, 4.69) is 5.32 Å². The fourth-order valence-corrected chi connectivity index (χ4v) is 3.12. The first-order valence-corrected chi connectivity index (χ1v) is 8.48. The molecule has 0 spiro atoms. The van der Waals surface area contributed by atoms with Gasteiger partial charge in [0.2, 0.25) is 0 Å². The summed E-state index contributed by atoms with van der Waals surface area (Å²) < 4.78 is 11.3. The van der Waals surface area contributed by atoms with Crippen molar-refractivity contribution in [3.63, 3.8) is 0 Å². The monoisotopic (exact) mass is 351 g/mol. The molecule has 0 unspecified atom stereocenters. The molecule has 0 saturated carbocycles. The van der Waals surface area contributed by atoms with Gasteiger partial charge in [0.25, 0.3) is 0 Å². The molecule has 23 heavy (non-hydrogen) atoms. The van der Waals surface area contributed by atoms with Crippen molar-refractivity contribution in [2.24, 2.45) is 0 Å². The van der Waals surface area contributed by atoms with E-state index in [0.717, 1.165) is 36.4 Å². The van der Waals surface area contributed by atoms with Crippen molar-refractivity contribution in [3.8, 4) is 5.75 Å². The lowest BCUT2D eigenvalue weighted by Gasteiger charge is -2.12. The van der Waals surface area contributed by atoms with Gasteiger partial charge in [-0.05, 0) is 60.9 Å². The van der Waals surface area contributed by atoms with E-state index in [-0.39, 0.29) is 6.10 Å². The highest BCUT2D eigenvalue weighted by atomic mass is 35.5. The maximum absolute atomic E-state index is 6.00.